The van der Waals surface area contributed by atoms with Gasteiger partial charge < -0.3 is 5.32 Å². The molecule has 0 fully saturated rings. The summed E-state index contributed by atoms with van der Waals surface area (Å²) in [4.78, 5) is 0. The van der Waals surface area contributed by atoms with Gasteiger partial charge in [-0.1, -0.05) is 46.3 Å². The van der Waals surface area contributed by atoms with Gasteiger partial charge in [0.1, 0.15) is 0 Å². The number of nitrogens with one attached hydrogen (secondary N) is 1. The largest absolute Gasteiger partial charge is 0.308 e. The molecule has 1 aromatic rings. The topological polar surface area (TPSA) is 35.8 Å². The predicted molar refractivity (Wildman–Crippen MR) is 61.1 cm³/mol. The number of halogens is 1. The molecule has 0 aliphatic rings. The Morgan fingerprint density at radius 1 is 1.36 bits per heavy atom. The van der Waals surface area contributed by atoms with Crippen molar-refractivity contribution in [3.05, 3.63) is 35.9 Å². The first-order chi connectivity index (χ1) is 6.86. The average molecular weight is 253 g/mol. The van der Waals surface area contributed by atoms with E-state index in [0.717, 1.165) is 11.9 Å². The molecule has 0 saturated heterocycles. The summed E-state index contributed by atoms with van der Waals surface area (Å²) in [5.74, 6) is 0. The fourth-order valence-corrected chi connectivity index (χ4v) is 1.61. The number of alkyl halides is 1. The van der Waals surface area contributed by atoms with E-state index in [1.54, 1.807) is 0 Å². The molecular formula is C11H13BrN2. The molecule has 0 aromatic heterocycles. The van der Waals surface area contributed by atoms with Crippen LogP contribution in [0.3, 0.4) is 0 Å². The molecule has 2 nitrogen and oxygen atoms in total. The van der Waals surface area contributed by atoms with E-state index < -0.39 is 0 Å². The molecule has 0 heterocycles. The van der Waals surface area contributed by atoms with Gasteiger partial charge in [-0.25, -0.2) is 0 Å². The smallest absolute Gasteiger partial charge is 0.0638 e. The Labute approximate surface area is 93.1 Å². The lowest BCUT2D eigenvalue weighted by molar-refractivity contribution is 0.567. The molecule has 0 bridgehead atoms. The van der Waals surface area contributed by atoms with Gasteiger partial charge in [-0.05, 0) is 5.56 Å². The van der Waals surface area contributed by atoms with Crippen molar-refractivity contribution >= 4 is 15.9 Å². The van der Waals surface area contributed by atoms with Gasteiger partial charge in [0, 0.05) is 17.9 Å². The lowest BCUT2D eigenvalue weighted by Crippen LogP contribution is -2.29. The Hall–Kier alpha value is -0.850. The molecule has 0 radical (unpaired) electrons. The molecule has 1 unspecified atom stereocenters. The van der Waals surface area contributed by atoms with Crippen LogP contribution in [0.1, 0.15) is 12.0 Å². The van der Waals surface area contributed by atoms with Crippen molar-refractivity contribution in [2.75, 3.05) is 5.33 Å². The van der Waals surface area contributed by atoms with Crippen LogP contribution in [0.4, 0.5) is 0 Å². The van der Waals surface area contributed by atoms with Gasteiger partial charge in [-0.15, -0.1) is 0 Å². The Kier molecular flexibility index (Phi) is 5.28. The van der Waals surface area contributed by atoms with Gasteiger partial charge in [0.05, 0.1) is 12.5 Å². The minimum atomic E-state index is 0.236. The Morgan fingerprint density at radius 3 is 2.64 bits per heavy atom. The van der Waals surface area contributed by atoms with E-state index in [9.17, 15) is 0 Å². The summed E-state index contributed by atoms with van der Waals surface area (Å²) in [6.07, 6.45) is 0.540. The van der Waals surface area contributed by atoms with Crippen LogP contribution in [0.2, 0.25) is 0 Å². The van der Waals surface area contributed by atoms with Crippen molar-refractivity contribution in [2.24, 2.45) is 0 Å². The fourth-order valence-electron chi connectivity index (χ4n) is 1.15. The number of benzene rings is 1. The molecule has 3 heteroatoms. The van der Waals surface area contributed by atoms with Crippen LogP contribution in [0, 0.1) is 11.3 Å². The predicted octanol–water partition coefficient (Wildman–Crippen LogP) is 2.45. The summed E-state index contributed by atoms with van der Waals surface area (Å²) in [6.45, 7) is 0.818. The van der Waals surface area contributed by atoms with E-state index >= 15 is 0 Å². The maximum absolute atomic E-state index is 8.55. The minimum Gasteiger partial charge on any atom is -0.308 e. The van der Waals surface area contributed by atoms with E-state index in [0.29, 0.717) is 6.42 Å². The van der Waals surface area contributed by atoms with E-state index in [4.69, 9.17) is 5.26 Å². The van der Waals surface area contributed by atoms with Crippen LogP contribution in [-0.2, 0) is 6.54 Å². The van der Waals surface area contributed by atoms with E-state index in [1.807, 2.05) is 18.2 Å². The maximum atomic E-state index is 8.55. The molecule has 1 aromatic carbocycles. The summed E-state index contributed by atoms with van der Waals surface area (Å²) in [7, 11) is 0. The van der Waals surface area contributed by atoms with Crippen LogP contribution in [0.5, 0.6) is 0 Å². The first-order valence-corrected chi connectivity index (χ1v) is 5.69. The summed E-state index contributed by atoms with van der Waals surface area (Å²) < 4.78 is 0. The third-order valence-electron chi connectivity index (χ3n) is 1.96. The molecule has 0 spiro atoms. The lowest BCUT2D eigenvalue weighted by atomic mass is 10.2. The Morgan fingerprint density at radius 2 is 2.07 bits per heavy atom. The Balaban J connectivity index is 2.36. The highest BCUT2D eigenvalue weighted by Crippen LogP contribution is 2.01. The van der Waals surface area contributed by atoms with Crippen molar-refractivity contribution in [3.63, 3.8) is 0 Å². The van der Waals surface area contributed by atoms with E-state index in [2.05, 4.69) is 39.4 Å². The number of nitriles is 1. The van der Waals surface area contributed by atoms with Gasteiger partial charge in [0.15, 0.2) is 0 Å². The summed E-state index contributed by atoms with van der Waals surface area (Å²) in [5, 5.41) is 12.7. The van der Waals surface area contributed by atoms with Gasteiger partial charge >= 0.3 is 0 Å². The zero-order chi connectivity index (χ0) is 10.2. The number of nitrogens with zero attached hydrogens (tertiary/aromatic N) is 1. The number of rotatable bonds is 5. The van der Waals surface area contributed by atoms with Gasteiger partial charge in [-0.3, -0.25) is 0 Å². The second kappa shape index (κ2) is 6.58. The van der Waals surface area contributed by atoms with E-state index in [-0.39, 0.29) is 6.04 Å². The highest BCUT2D eigenvalue weighted by molar-refractivity contribution is 9.09. The van der Waals surface area contributed by atoms with Gasteiger partial charge in [-0.2, -0.15) is 5.26 Å². The van der Waals surface area contributed by atoms with Crippen molar-refractivity contribution in [3.8, 4) is 6.07 Å². The quantitative estimate of drug-likeness (QED) is 0.818. The highest BCUT2D eigenvalue weighted by Gasteiger charge is 2.04. The summed E-state index contributed by atoms with van der Waals surface area (Å²) >= 11 is 3.38. The lowest BCUT2D eigenvalue weighted by Gasteiger charge is -2.12. The monoisotopic (exact) mass is 252 g/mol. The van der Waals surface area contributed by atoms with Gasteiger partial charge in [0.2, 0.25) is 0 Å². The van der Waals surface area contributed by atoms with Crippen LogP contribution >= 0.6 is 15.9 Å². The number of hydrogen-bond donors (Lipinski definition) is 1. The van der Waals surface area contributed by atoms with Crippen LogP contribution in [-0.4, -0.2) is 11.4 Å². The van der Waals surface area contributed by atoms with Crippen molar-refractivity contribution in [1.82, 2.24) is 5.32 Å². The third kappa shape index (κ3) is 3.91. The fraction of sp³-hybridized carbons (Fsp3) is 0.364. The molecule has 1 N–H and O–H groups in total. The van der Waals surface area contributed by atoms with Crippen LogP contribution in [0.15, 0.2) is 30.3 Å². The summed E-state index contributed by atoms with van der Waals surface area (Å²) in [5.41, 5.74) is 1.25. The zero-order valence-electron chi connectivity index (χ0n) is 7.91. The average Bonchev–Trinajstić information content (AvgIpc) is 2.25. The highest BCUT2D eigenvalue weighted by atomic mass is 79.9. The van der Waals surface area contributed by atoms with Crippen LogP contribution in [0.25, 0.3) is 0 Å². The minimum absolute atomic E-state index is 0.236. The molecule has 74 valence electrons. The third-order valence-corrected chi connectivity index (χ3v) is 2.74. The van der Waals surface area contributed by atoms with Gasteiger partial charge in [0.25, 0.3) is 0 Å². The second-order valence-electron chi connectivity index (χ2n) is 3.08. The SMILES string of the molecule is N#CCC(CBr)NCc1ccccc1. The normalized spacial score (nSPS) is 12.0. The molecule has 0 saturated carbocycles. The summed E-state index contributed by atoms with van der Waals surface area (Å²) in [6, 6.07) is 12.6. The molecule has 0 aliphatic carbocycles. The zero-order valence-corrected chi connectivity index (χ0v) is 9.50. The van der Waals surface area contributed by atoms with Crippen molar-refractivity contribution in [2.45, 2.75) is 19.0 Å². The van der Waals surface area contributed by atoms with E-state index in [1.165, 1.54) is 5.56 Å². The Bertz CT molecular complexity index is 292. The van der Waals surface area contributed by atoms with Crippen molar-refractivity contribution in [1.29, 1.82) is 5.26 Å². The van der Waals surface area contributed by atoms with Crippen LogP contribution < -0.4 is 5.32 Å². The van der Waals surface area contributed by atoms with Crippen molar-refractivity contribution < 1.29 is 0 Å². The molecule has 14 heavy (non-hydrogen) atoms. The molecule has 0 amide bonds. The standard InChI is InChI=1S/C11H13BrN2/c12-8-11(6-7-13)14-9-10-4-2-1-3-5-10/h1-5,11,14H,6,8-9H2. The molecule has 1 rings (SSSR count). The first-order valence-electron chi connectivity index (χ1n) is 4.57. The number of hydrogen-bond acceptors (Lipinski definition) is 2. The molecule has 0 aliphatic heterocycles. The first kappa shape index (κ1) is 11.2. The molecule has 1 atom stereocenters. The maximum Gasteiger partial charge on any atom is 0.0638 e. The molecular weight excluding hydrogens is 240 g/mol. The second-order valence-corrected chi connectivity index (χ2v) is 3.73.